The van der Waals surface area contributed by atoms with Crippen LogP contribution in [0.25, 0.3) is 0 Å². The predicted molar refractivity (Wildman–Crippen MR) is 419 cm³/mol. The minimum absolute atomic E-state index is 0.128. The summed E-state index contributed by atoms with van der Waals surface area (Å²) in [5.41, 5.74) is 0.620. The molecular weight excluding hydrogens is 1440 g/mol. The lowest BCUT2D eigenvalue weighted by Gasteiger charge is -2.19. The van der Waals surface area contributed by atoms with Gasteiger partial charge < -0.3 is 66.7 Å². The fourth-order valence-corrected chi connectivity index (χ4v) is 11.2. The fraction of sp³-hybridized carbons (Fsp3) is 0.644. The average Bonchev–Trinajstić information content (AvgIpc) is 0.857. The van der Waals surface area contributed by atoms with Crippen molar-refractivity contribution in [2.24, 2.45) is 0 Å². The highest BCUT2D eigenvalue weighted by Gasteiger charge is 2.18. The maximum atomic E-state index is 12.9. The average molecular weight is 1570 g/mol. The molecular formula is C87H128O25. The first-order valence-corrected chi connectivity index (χ1v) is 41.3. The third kappa shape index (κ3) is 54.7. The number of carbonyl (C=O) groups is 11. The molecule has 3 rings (SSSR count). The molecule has 3 aromatic carbocycles. The van der Waals surface area contributed by atoms with Gasteiger partial charge in [-0.05, 0) is 240 Å². The van der Waals surface area contributed by atoms with E-state index in [9.17, 15) is 52.7 Å². The topological polar surface area (TPSA) is 328 Å². The quantitative estimate of drug-likeness (QED) is 0.0137. The Morgan fingerprint density at radius 2 is 0.554 bits per heavy atom. The molecule has 0 fully saturated rings. The Labute approximate surface area is 663 Å². The SMILES string of the molecule is C=CC(=O)OC(CCCCCCC)Oc1ccc(C(=O)Oc2ccc(OC(=O)c3ccc(OCCCCCCCCOC(=O)CCCCCOC(=O)CCCCCOC(=O)CCCCCOC(=O)CCCCCOC(=O)CCCCCOC(=O)CCCCCOC(=O)CCCCCOC(=O)CCCCCO)cc3)cc2)cc1. The zero-order chi connectivity index (χ0) is 81.0. The summed E-state index contributed by atoms with van der Waals surface area (Å²) in [5.74, 6) is -2.25. The molecule has 0 aliphatic carbocycles. The summed E-state index contributed by atoms with van der Waals surface area (Å²) in [4.78, 5) is 134. The predicted octanol–water partition coefficient (Wildman–Crippen LogP) is 17.5. The molecule has 3 aromatic rings. The smallest absolute Gasteiger partial charge is 0.343 e. The van der Waals surface area contributed by atoms with Gasteiger partial charge in [-0.25, -0.2) is 14.4 Å². The van der Waals surface area contributed by atoms with Crippen LogP contribution in [0.15, 0.2) is 85.5 Å². The van der Waals surface area contributed by atoms with E-state index in [1.807, 2.05) is 0 Å². The van der Waals surface area contributed by atoms with Crippen molar-refractivity contribution >= 4 is 65.7 Å². The van der Waals surface area contributed by atoms with Crippen LogP contribution in [0.4, 0.5) is 0 Å². The van der Waals surface area contributed by atoms with Crippen LogP contribution in [-0.2, 0) is 85.8 Å². The molecule has 0 aliphatic heterocycles. The van der Waals surface area contributed by atoms with E-state index >= 15 is 0 Å². The third-order valence-electron chi connectivity index (χ3n) is 17.8. The number of hydrogen-bond acceptors (Lipinski definition) is 25. The molecule has 1 unspecified atom stereocenters. The van der Waals surface area contributed by atoms with Crippen molar-refractivity contribution in [1.82, 2.24) is 0 Å². The zero-order valence-electron chi connectivity index (χ0n) is 66.7. The van der Waals surface area contributed by atoms with Crippen molar-refractivity contribution in [2.45, 2.75) is 296 Å². The largest absolute Gasteiger partial charge is 0.494 e. The minimum Gasteiger partial charge on any atom is -0.494 e. The minimum atomic E-state index is -0.783. The first-order chi connectivity index (χ1) is 54.6. The molecule has 0 amide bonds. The number of rotatable bonds is 71. The molecule has 0 radical (unpaired) electrons. The van der Waals surface area contributed by atoms with E-state index in [2.05, 4.69) is 13.5 Å². The van der Waals surface area contributed by atoms with Crippen molar-refractivity contribution in [3.63, 3.8) is 0 Å². The van der Waals surface area contributed by atoms with Crippen LogP contribution in [0.5, 0.6) is 23.0 Å². The van der Waals surface area contributed by atoms with Gasteiger partial charge in [-0.1, -0.05) is 71.3 Å². The van der Waals surface area contributed by atoms with Crippen LogP contribution in [0.3, 0.4) is 0 Å². The summed E-state index contributed by atoms with van der Waals surface area (Å²) >= 11 is 0. The molecule has 626 valence electrons. The first-order valence-electron chi connectivity index (χ1n) is 41.3. The van der Waals surface area contributed by atoms with Crippen molar-refractivity contribution in [3.8, 4) is 23.0 Å². The molecule has 112 heavy (non-hydrogen) atoms. The molecule has 0 saturated carbocycles. The summed E-state index contributed by atoms with van der Waals surface area (Å²) in [7, 11) is 0. The molecule has 0 spiro atoms. The van der Waals surface area contributed by atoms with Crippen molar-refractivity contribution in [1.29, 1.82) is 0 Å². The molecule has 1 N–H and O–H groups in total. The van der Waals surface area contributed by atoms with Gasteiger partial charge >= 0.3 is 65.7 Å². The van der Waals surface area contributed by atoms with Gasteiger partial charge in [-0.3, -0.25) is 38.4 Å². The van der Waals surface area contributed by atoms with Crippen LogP contribution >= 0.6 is 0 Å². The first kappa shape index (κ1) is 97.3. The van der Waals surface area contributed by atoms with Gasteiger partial charge in [0.1, 0.15) is 23.0 Å². The number of unbranched alkanes of at least 4 members (excludes halogenated alkanes) is 25. The van der Waals surface area contributed by atoms with Gasteiger partial charge in [-0.15, -0.1) is 0 Å². The third-order valence-corrected chi connectivity index (χ3v) is 17.8. The van der Waals surface area contributed by atoms with Gasteiger partial charge in [0.05, 0.1) is 70.6 Å². The Hall–Kier alpha value is -8.87. The molecule has 0 bridgehead atoms. The Balaban J connectivity index is 1.01. The number of aliphatic hydroxyl groups excluding tert-OH is 1. The summed E-state index contributed by atoms with van der Waals surface area (Å²) in [6.45, 7) is 8.72. The number of hydrogen-bond donors (Lipinski definition) is 1. The summed E-state index contributed by atoms with van der Waals surface area (Å²) < 4.78 is 70.6. The molecule has 25 nitrogen and oxygen atoms in total. The number of aliphatic hydroxyl groups is 1. The highest BCUT2D eigenvalue weighted by molar-refractivity contribution is 5.92. The van der Waals surface area contributed by atoms with E-state index in [1.165, 1.54) is 24.3 Å². The summed E-state index contributed by atoms with van der Waals surface area (Å²) in [6.07, 6.45) is 30.4. The van der Waals surface area contributed by atoms with Gasteiger partial charge in [0.2, 0.25) is 6.29 Å². The second-order valence-electron chi connectivity index (χ2n) is 27.6. The lowest BCUT2D eigenvalue weighted by atomic mass is 10.1. The highest BCUT2D eigenvalue weighted by atomic mass is 16.7. The van der Waals surface area contributed by atoms with Gasteiger partial charge in [0.25, 0.3) is 0 Å². The van der Waals surface area contributed by atoms with Crippen molar-refractivity contribution < 1.29 is 119 Å². The van der Waals surface area contributed by atoms with Crippen LogP contribution in [0, 0.1) is 0 Å². The number of benzene rings is 3. The standard InChI is InChI=1S/C87H128O25/c1-3-5-6-9-28-47-85(112-76(89)4-2)109-73-54-50-71(51-55-73)87(99)111-75-58-56-74(57-59-75)110-86(98)70-48-52-72(53-49-70)100-61-30-10-7-8-11-31-62-101-78(91)40-21-13-33-64-103-80(93)42-23-15-35-66-105-82(95)44-25-17-37-68-107-84(97)46-27-19-38-69-108-83(96)45-26-18-36-67-106-81(94)43-24-16-34-65-104-79(92)41-22-14-32-63-102-77(90)39-20-12-29-60-88/h4,48-59,85,88H,2-3,5-47,60-69H2,1H3. The number of ether oxygens (including phenoxy) is 13. The molecule has 0 saturated heterocycles. The van der Waals surface area contributed by atoms with Crippen LogP contribution < -0.4 is 18.9 Å². The molecule has 25 heteroatoms. The normalized spacial score (nSPS) is 11.1. The summed E-state index contributed by atoms with van der Waals surface area (Å²) in [5, 5.41) is 8.78. The Bertz CT molecular complexity index is 3070. The monoisotopic (exact) mass is 1570 g/mol. The second kappa shape index (κ2) is 66.7. The van der Waals surface area contributed by atoms with E-state index in [-0.39, 0.29) is 124 Å². The van der Waals surface area contributed by atoms with Crippen LogP contribution in [0.1, 0.15) is 310 Å². The maximum Gasteiger partial charge on any atom is 0.343 e. The van der Waals surface area contributed by atoms with E-state index < -0.39 is 24.2 Å². The number of carbonyl (C=O) groups excluding carboxylic acids is 11. The Kier molecular flexibility index (Phi) is 58.0. The molecule has 0 aliphatic rings. The van der Waals surface area contributed by atoms with Crippen molar-refractivity contribution in [2.75, 3.05) is 66.1 Å². The van der Waals surface area contributed by atoms with Crippen LogP contribution in [0.2, 0.25) is 0 Å². The maximum absolute atomic E-state index is 12.9. The van der Waals surface area contributed by atoms with Crippen LogP contribution in [-0.4, -0.2) is 143 Å². The zero-order valence-corrected chi connectivity index (χ0v) is 66.7. The van der Waals surface area contributed by atoms with Gasteiger partial charge in [0.15, 0.2) is 0 Å². The lowest BCUT2D eigenvalue weighted by Crippen LogP contribution is -2.23. The van der Waals surface area contributed by atoms with E-state index in [4.69, 9.17) is 66.7 Å². The van der Waals surface area contributed by atoms with E-state index in [1.54, 1.807) is 48.5 Å². The molecule has 0 aromatic heterocycles. The molecule has 1 atom stereocenters. The number of esters is 11. The Morgan fingerprint density at radius 1 is 0.304 bits per heavy atom. The van der Waals surface area contributed by atoms with Crippen molar-refractivity contribution in [3.05, 3.63) is 96.6 Å². The second-order valence-corrected chi connectivity index (χ2v) is 27.6. The molecule has 0 heterocycles. The van der Waals surface area contributed by atoms with E-state index in [0.29, 0.717) is 198 Å². The Morgan fingerprint density at radius 3 is 0.848 bits per heavy atom. The van der Waals surface area contributed by atoms with E-state index in [0.717, 1.165) is 115 Å². The van der Waals surface area contributed by atoms with Gasteiger partial charge in [0, 0.05) is 70.5 Å². The highest BCUT2D eigenvalue weighted by Crippen LogP contribution is 2.24. The van der Waals surface area contributed by atoms with Gasteiger partial charge in [-0.2, -0.15) is 0 Å². The fourth-order valence-electron chi connectivity index (χ4n) is 11.2. The lowest BCUT2D eigenvalue weighted by molar-refractivity contribution is -0.158. The summed E-state index contributed by atoms with van der Waals surface area (Å²) in [6, 6.07) is 19.2.